The van der Waals surface area contributed by atoms with E-state index >= 15 is 13.2 Å². The SMILES string of the molecule is C[S+](OCCN(CCO)C1C=CC(CCc2cc3c(s2)-c2sc(CCC4=C(C#N)C(C(C#N)C#N)OC4(c4ccccc4)C(F)(F)F)cc2[Si]3(c2ccccc2)c2ccccc2)=CC1)C(C)(C)C. The molecule has 0 saturated carbocycles. The number of halogens is 3. The number of rotatable bonds is 17. The minimum absolute atomic E-state index is 0.0811. The third-order valence-corrected chi connectivity index (χ3v) is 23.4. The molecule has 3 aliphatic rings. The van der Waals surface area contributed by atoms with E-state index in [9.17, 15) is 20.9 Å². The van der Waals surface area contributed by atoms with Gasteiger partial charge in [0, 0.05) is 38.6 Å². The molecule has 2 aliphatic heterocycles. The second-order valence-electron chi connectivity index (χ2n) is 18.3. The highest BCUT2D eigenvalue weighted by atomic mass is 32.2. The number of alkyl halides is 3. The van der Waals surface area contributed by atoms with Gasteiger partial charge < -0.3 is 9.84 Å². The summed E-state index contributed by atoms with van der Waals surface area (Å²) >= 11 is 3.23. The van der Waals surface area contributed by atoms with Crippen molar-refractivity contribution in [2.75, 3.05) is 32.6 Å². The first kappa shape index (κ1) is 49.4. The Morgan fingerprint density at radius 1 is 0.838 bits per heavy atom. The van der Waals surface area contributed by atoms with Crippen molar-refractivity contribution in [3.8, 4) is 28.0 Å². The first-order valence-corrected chi connectivity index (χ1v) is 28.0. The Bertz CT molecular complexity index is 2760. The molecule has 4 unspecified atom stereocenters. The molecule has 2 aromatic heterocycles. The van der Waals surface area contributed by atoms with Gasteiger partial charge in [0.15, 0.2) is 18.7 Å². The predicted molar refractivity (Wildman–Crippen MR) is 271 cm³/mol. The number of fused-ring (bicyclic) bond motifs is 3. The largest absolute Gasteiger partial charge is 0.425 e. The van der Waals surface area contributed by atoms with Crippen molar-refractivity contribution in [2.45, 2.75) is 81.5 Å². The number of aliphatic hydroxyl groups is 1. The Morgan fingerprint density at radius 2 is 1.40 bits per heavy atom. The van der Waals surface area contributed by atoms with Crippen LogP contribution in [0.4, 0.5) is 13.2 Å². The van der Waals surface area contributed by atoms with Gasteiger partial charge in [0.1, 0.15) is 30.1 Å². The average Bonchev–Trinajstić information content (AvgIpc) is 4.10. The first-order chi connectivity index (χ1) is 32.7. The number of benzene rings is 3. The van der Waals surface area contributed by atoms with Gasteiger partial charge in [-0.05, 0) is 96.9 Å². The van der Waals surface area contributed by atoms with Crippen LogP contribution in [-0.4, -0.2) is 73.7 Å². The highest BCUT2D eigenvalue weighted by Crippen LogP contribution is 2.56. The summed E-state index contributed by atoms with van der Waals surface area (Å²) in [6.07, 6.45) is 4.85. The Hall–Kier alpha value is -5.05. The number of hydrogen-bond donors (Lipinski definition) is 1. The van der Waals surface area contributed by atoms with Crippen LogP contribution in [0.25, 0.3) is 9.75 Å². The summed E-state index contributed by atoms with van der Waals surface area (Å²) in [5.41, 5.74) is -2.52. The van der Waals surface area contributed by atoms with Crippen LogP contribution in [0.5, 0.6) is 0 Å². The molecule has 5 aromatic rings. The van der Waals surface area contributed by atoms with Crippen LogP contribution in [0, 0.1) is 39.9 Å². The van der Waals surface area contributed by atoms with Crippen molar-refractivity contribution >= 4 is 62.7 Å². The lowest BCUT2D eigenvalue weighted by Gasteiger charge is -2.35. The maximum atomic E-state index is 15.7. The van der Waals surface area contributed by atoms with Gasteiger partial charge in [-0.2, -0.15) is 33.1 Å². The minimum Gasteiger partial charge on any atom is -0.395 e. The fourth-order valence-corrected chi connectivity index (χ4v) is 19.4. The summed E-state index contributed by atoms with van der Waals surface area (Å²) in [4.78, 5) is 6.77. The Morgan fingerprint density at radius 3 is 1.88 bits per heavy atom. The molecule has 0 fully saturated rings. The van der Waals surface area contributed by atoms with Crippen molar-refractivity contribution in [3.63, 3.8) is 0 Å². The van der Waals surface area contributed by atoms with Gasteiger partial charge in [-0.3, -0.25) is 4.90 Å². The highest BCUT2D eigenvalue weighted by Gasteiger charge is 2.65. The molecule has 4 atom stereocenters. The Balaban J connectivity index is 1.12. The highest BCUT2D eigenvalue weighted by molar-refractivity contribution is 7.93. The maximum absolute atomic E-state index is 15.7. The second-order valence-corrected chi connectivity index (χ2v) is 26.7. The number of aryl methyl sites for hydroxylation is 2. The molecular weight excluding hydrogens is 934 g/mol. The molecule has 0 radical (unpaired) electrons. The van der Waals surface area contributed by atoms with Gasteiger partial charge >= 0.3 is 6.18 Å². The Kier molecular flexibility index (Phi) is 14.9. The van der Waals surface area contributed by atoms with Crippen molar-refractivity contribution < 1.29 is 27.2 Å². The standard InChI is InChI=1S/C54H54F3N4O3S3Si/c1-52(2,3)67(4)63-31-29-61(28-30-62)40-23-20-37(21-24-40)22-25-41-32-47-50(65-41)51-48(68(47,43-16-10-6-11-17-43)44-18-12-7-13-19-44)33-42(66-51)26-27-46-45(36-60)49(38(34-58)35-59)64-53(46,54(55,56)57)39-14-8-5-9-15-39/h5-21,23,32-33,38,40,49,62H,22,24-31H2,1-4H3/q+1. The normalized spacial score (nSPS) is 20.2. The van der Waals surface area contributed by atoms with Crippen LogP contribution in [0.1, 0.15) is 55.4 Å². The molecule has 0 spiro atoms. The van der Waals surface area contributed by atoms with Crippen LogP contribution in [-0.2, 0) is 38.5 Å². The molecule has 0 amide bonds. The molecule has 8 rings (SSSR count). The van der Waals surface area contributed by atoms with Crippen molar-refractivity contribution in [2.24, 2.45) is 5.92 Å². The number of aliphatic hydroxyl groups excluding tert-OH is 1. The van der Waals surface area contributed by atoms with E-state index in [2.05, 4.69) is 111 Å². The zero-order valence-electron chi connectivity index (χ0n) is 38.6. The summed E-state index contributed by atoms with van der Waals surface area (Å²) in [5.74, 6) is -1.62. The smallest absolute Gasteiger partial charge is 0.395 e. The average molecular weight is 988 g/mol. The third kappa shape index (κ3) is 9.24. The molecule has 0 saturated heterocycles. The molecule has 4 heterocycles. The van der Waals surface area contributed by atoms with Crippen molar-refractivity contribution in [1.82, 2.24) is 4.90 Å². The molecular formula is C54H54F3N4O3S3Si+. The summed E-state index contributed by atoms with van der Waals surface area (Å²) < 4.78 is 59.3. The van der Waals surface area contributed by atoms with Gasteiger partial charge in [-0.1, -0.05) is 115 Å². The van der Waals surface area contributed by atoms with Gasteiger partial charge in [0.2, 0.25) is 5.60 Å². The van der Waals surface area contributed by atoms with Gasteiger partial charge in [0.05, 0.1) is 30.4 Å². The molecule has 7 nitrogen and oxygen atoms in total. The molecule has 3 aromatic carbocycles. The summed E-state index contributed by atoms with van der Waals surface area (Å²) in [7, 11) is -2.92. The molecule has 1 aliphatic carbocycles. The summed E-state index contributed by atoms with van der Waals surface area (Å²) in [6.45, 7) is 8.58. The van der Waals surface area contributed by atoms with Crippen LogP contribution in [0.15, 0.2) is 138 Å². The van der Waals surface area contributed by atoms with E-state index < -0.39 is 31.9 Å². The number of nitrogens with zero attached hydrogens (tertiary/aromatic N) is 4. The Labute approximate surface area is 409 Å². The van der Waals surface area contributed by atoms with E-state index in [1.807, 2.05) is 18.2 Å². The molecule has 68 heavy (non-hydrogen) atoms. The van der Waals surface area contributed by atoms with Gasteiger partial charge in [-0.25, -0.2) is 0 Å². The molecule has 14 heteroatoms. The second kappa shape index (κ2) is 20.5. The monoisotopic (exact) mass is 987 g/mol. The molecule has 0 bridgehead atoms. The van der Waals surface area contributed by atoms with E-state index in [1.165, 1.54) is 60.3 Å². The quantitative estimate of drug-likeness (QED) is 0.0718. The van der Waals surface area contributed by atoms with Crippen LogP contribution in [0.3, 0.4) is 0 Å². The third-order valence-electron chi connectivity index (χ3n) is 13.4. The number of nitriles is 3. The van der Waals surface area contributed by atoms with Gasteiger partial charge in [0.25, 0.3) is 0 Å². The number of allylic oxidation sites excluding steroid dienone is 2. The molecule has 350 valence electrons. The first-order valence-electron chi connectivity index (χ1n) is 22.8. The van der Waals surface area contributed by atoms with Crippen LogP contribution >= 0.6 is 22.7 Å². The lowest BCUT2D eigenvalue weighted by Crippen LogP contribution is -2.72. The van der Waals surface area contributed by atoms with Crippen LogP contribution in [0.2, 0.25) is 0 Å². The molecule has 1 N–H and O–H groups in total. The predicted octanol–water partition coefficient (Wildman–Crippen LogP) is 8.90. The number of ether oxygens (including phenoxy) is 1. The van der Waals surface area contributed by atoms with Crippen molar-refractivity contribution in [3.05, 3.63) is 153 Å². The van der Waals surface area contributed by atoms with E-state index in [0.717, 1.165) is 35.6 Å². The maximum Gasteiger partial charge on any atom is 0.425 e. The number of hydrogen-bond acceptors (Lipinski definition) is 9. The summed E-state index contributed by atoms with van der Waals surface area (Å²) in [6, 6.07) is 38.7. The zero-order chi connectivity index (χ0) is 48.3. The van der Waals surface area contributed by atoms with E-state index in [1.54, 1.807) is 40.9 Å². The van der Waals surface area contributed by atoms with Crippen molar-refractivity contribution in [1.29, 1.82) is 15.8 Å². The number of thiophene rings is 2. The topological polar surface area (TPSA) is 113 Å². The summed E-state index contributed by atoms with van der Waals surface area (Å²) in [5, 5.41) is 45.0. The fraction of sp³-hybridized carbons (Fsp3) is 0.352. The van der Waals surface area contributed by atoms with E-state index in [-0.39, 0.29) is 58.1 Å². The lowest BCUT2D eigenvalue weighted by atomic mass is 9.81. The zero-order valence-corrected chi connectivity index (χ0v) is 42.0. The fourth-order valence-electron chi connectivity index (χ4n) is 9.83. The van der Waals surface area contributed by atoms with E-state index in [0.29, 0.717) is 13.2 Å². The minimum atomic E-state index is -5.01. The van der Waals surface area contributed by atoms with E-state index in [4.69, 9.17) is 8.92 Å². The lowest BCUT2D eigenvalue weighted by molar-refractivity contribution is -0.271. The van der Waals surface area contributed by atoms with Crippen LogP contribution < -0.4 is 20.7 Å². The van der Waals surface area contributed by atoms with Gasteiger partial charge in [-0.15, -0.1) is 22.7 Å².